The number of piperidine rings is 1. The molecule has 2 heterocycles. The molecule has 1 unspecified atom stereocenters. The van der Waals surface area contributed by atoms with Crippen LogP contribution >= 0.6 is 0 Å². The van der Waals surface area contributed by atoms with Crippen LogP contribution in [-0.4, -0.2) is 49.0 Å². The van der Waals surface area contributed by atoms with Crippen molar-refractivity contribution in [1.29, 1.82) is 0 Å². The molecule has 0 spiro atoms. The Morgan fingerprint density at radius 1 is 1.28 bits per heavy atom. The van der Waals surface area contributed by atoms with Crippen molar-refractivity contribution in [2.24, 2.45) is 11.1 Å². The fourth-order valence-electron chi connectivity index (χ4n) is 3.47. The van der Waals surface area contributed by atoms with Crippen molar-refractivity contribution in [3.8, 4) is 5.75 Å². The second-order valence-corrected chi connectivity index (χ2v) is 7.63. The predicted molar refractivity (Wildman–Crippen MR) is 96.5 cm³/mol. The van der Waals surface area contributed by atoms with Crippen molar-refractivity contribution < 1.29 is 14.3 Å². The van der Waals surface area contributed by atoms with Gasteiger partial charge in [-0.1, -0.05) is 13.8 Å². The van der Waals surface area contributed by atoms with Crippen molar-refractivity contribution in [3.05, 3.63) is 24.3 Å². The number of amides is 2. The van der Waals surface area contributed by atoms with E-state index < -0.39 is 0 Å². The van der Waals surface area contributed by atoms with Gasteiger partial charge in [0.25, 0.3) is 5.91 Å². The topological polar surface area (TPSA) is 75.9 Å². The molecule has 3 rings (SSSR count). The zero-order chi connectivity index (χ0) is 18.0. The first-order valence-electron chi connectivity index (χ1n) is 8.93. The third-order valence-electron chi connectivity index (χ3n) is 5.25. The minimum absolute atomic E-state index is 0.0150. The Balaban J connectivity index is 1.53. The summed E-state index contributed by atoms with van der Waals surface area (Å²) in [5.41, 5.74) is 6.93. The Morgan fingerprint density at radius 3 is 2.60 bits per heavy atom. The van der Waals surface area contributed by atoms with E-state index in [4.69, 9.17) is 10.5 Å². The van der Waals surface area contributed by atoms with E-state index in [9.17, 15) is 9.59 Å². The zero-order valence-electron chi connectivity index (χ0n) is 15.0. The van der Waals surface area contributed by atoms with Crippen LogP contribution in [0.4, 0.5) is 5.69 Å². The van der Waals surface area contributed by atoms with Crippen molar-refractivity contribution in [3.63, 3.8) is 0 Å². The van der Waals surface area contributed by atoms with Crippen LogP contribution in [0.25, 0.3) is 0 Å². The number of anilines is 1. The van der Waals surface area contributed by atoms with Crippen LogP contribution in [-0.2, 0) is 9.59 Å². The van der Waals surface area contributed by atoms with Crippen molar-refractivity contribution in [2.75, 3.05) is 31.1 Å². The number of hydrogen-bond acceptors (Lipinski definition) is 4. The van der Waals surface area contributed by atoms with Crippen LogP contribution in [0, 0.1) is 5.41 Å². The van der Waals surface area contributed by atoms with E-state index in [-0.39, 0.29) is 29.9 Å². The summed E-state index contributed by atoms with van der Waals surface area (Å²) in [6.07, 6.45) is 2.33. The number of carbonyl (C=O) groups is 2. The SMILES string of the molecule is CC1(C)CN(C(=O)COc2ccc(N3CCCC3=O)cc2)CCC1N. The first-order valence-corrected chi connectivity index (χ1v) is 8.93. The molecule has 2 fully saturated rings. The van der Waals surface area contributed by atoms with Crippen molar-refractivity contribution >= 4 is 17.5 Å². The number of nitrogens with two attached hydrogens (primary N) is 1. The molecular formula is C19H27N3O3. The number of benzene rings is 1. The maximum atomic E-state index is 12.4. The van der Waals surface area contributed by atoms with Crippen LogP contribution in [0.5, 0.6) is 5.75 Å². The molecule has 136 valence electrons. The zero-order valence-corrected chi connectivity index (χ0v) is 15.0. The Bertz CT molecular complexity index is 642. The normalized spacial score (nSPS) is 23.0. The molecule has 2 aliphatic rings. The molecule has 1 atom stereocenters. The van der Waals surface area contributed by atoms with Crippen LogP contribution < -0.4 is 15.4 Å². The number of carbonyl (C=O) groups excluding carboxylic acids is 2. The van der Waals surface area contributed by atoms with E-state index in [1.807, 2.05) is 29.2 Å². The molecular weight excluding hydrogens is 318 g/mol. The summed E-state index contributed by atoms with van der Waals surface area (Å²) in [7, 11) is 0. The Kier molecular flexibility index (Phi) is 4.99. The Labute approximate surface area is 148 Å². The highest BCUT2D eigenvalue weighted by Gasteiger charge is 2.35. The fourth-order valence-corrected chi connectivity index (χ4v) is 3.47. The number of hydrogen-bond donors (Lipinski definition) is 1. The van der Waals surface area contributed by atoms with Gasteiger partial charge in [-0.25, -0.2) is 0 Å². The minimum Gasteiger partial charge on any atom is -0.484 e. The molecule has 6 nitrogen and oxygen atoms in total. The van der Waals surface area contributed by atoms with Gasteiger partial charge >= 0.3 is 0 Å². The van der Waals surface area contributed by atoms with Crippen molar-refractivity contribution in [2.45, 2.75) is 39.2 Å². The monoisotopic (exact) mass is 345 g/mol. The number of nitrogens with zero attached hydrogens (tertiary/aromatic N) is 2. The van der Waals surface area contributed by atoms with Gasteiger partial charge in [0.15, 0.2) is 6.61 Å². The number of rotatable bonds is 4. The lowest BCUT2D eigenvalue weighted by Crippen LogP contribution is -2.54. The van der Waals surface area contributed by atoms with E-state index in [2.05, 4.69) is 13.8 Å². The van der Waals surface area contributed by atoms with E-state index in [1.165, 1.54) is 0 Å². The number of ether oxygens (including phenoxy) is 1. The average Bonchev–Trinajstić information content (AvgIpc) is 3.01. The molecule has 2 amide bonds. The summed E-state index contributed by atoms with van der Waals surface area (Å²) in [4.78, 5) is 27.8. The van der Waals surface area contributed by atoms with Crippen LogP contribution in [0.1, 0.15) is 33.1 Å². The summed E-state index contributed by atoms with van der Waals surface area (Å²) in [6.45, 7) is 6.32. The highest BCUT2D eigenvalue weighted by atomic mass is 16.5. The summed E-state index contributed by atoms with van der Waals surface area (Å²) in [5.74, 6) is 0.783. The lowest BCUT2D eigenvalue weighted by atomic mass is 9.80. The van der Waals surface area contributed by atoms with Gasteiger partial charge in [0, 0.05) is 37.8 Å². The van der Waals surface area contributed by atoms with Gasteiger partial charge in [-0.2, -0.15) is 0 Å². The minimum atomic E-state index is -0.0716. The third-order valence-corrected chi connectivity index (χ3v) is 5.25. The summed E-state index contributed by atoms with van der Waals surface area (Å²) in [6, 6.07) is 7.48. The molecule has 6 heteroatoms. The largest absolute Gasteiger partial charge is 0.484 e. The van der Waals surface area contributed by atoms with Gasteiger partial charge in [0.1, 0.15) is 5.75 Å². The molecule has 0 bridgehead atoms. The van der Waals surface area contributed by atoms with Crippen LogP contribution in [0.3, 0.4) is 0 Å². The smallest absolute Gasteiger partial charge is 0.260 e. The Morgan fingerprint density at radius 2 is 2.00 bits per heavy atom. The third kappa shape index (κ3) is 3.95. The fraction of sp³-hybridized carbons (Fsp3) is 0.579. The van der Waals surface area contributed by atoms with E-state index in [0.717, 1.165) is 25.1 Å². The molecule has 0 aromatic heterocycles. The highest BCUT2D eigenvalue weighted by Crippen LogP contribution is 2.28. The summed E-state index contributed by atoms with van der Waals surface area (Å²) < 4.78 is 5.63. The van der Waals surface area contributed by atoms with Gasteiger partial charge in [-0.05, 0) is 42.5 Å². The predicted octanol–water partition coefficient (Wildman–Crippen LogP) is 1.78. The lowest BCUT2D eigenvalue weighted by Gasteiger charge is -2.42. The molecule has 1 aromatic rings. The van der Waals surface area contributed by atoms with Crippen molar-refractivity contribution in [1.82, 2.24) is 4.90 Å². The molecule has 0 aliphatic carbocycles. The number of likely N-dealkylation sites (tertiary alicyclic amines) is 1. The Hall–Kier alpha value is -2.08. The second-order valence-electron chi connectivity index (χ2n) is 7.63. The highest BCUT2D eigenvalue weighted by molar-refractivity contribution is 5.95. The molecule has 2 saturated heterocycles. The van der Waals surface area contributed by atoms with E-state index in [0.29, 0.717) is 25.3 Å². The molecule has 2 N–H and O–H groups in total. The maximum absolute atomic E-state index is 12.4. The molecule has 0 radical (unpaired) electrons. The molecule has 2 aliphatic heterocycles. The van der Waals surface area contributed by atoms with Crippen LogP contribution in [0.2, 0.25) is 0 Å². The van der Waals surface area contributed by atoms with Gasteiger partial charge in [-0.15, -0.1) is 0 Å². The first-order chi connectivity index (χ1) is 11.9. The first kappa shape index (κ1) is 17.7. The molecule has 0 saturated carbocycles. The van der Waals surface area contributed by atoms with Gasteiger partial charge in [0.05, 0.1) is 0 Å². The second kappa shape index (κ2) is 7.04. The standard InChI is InChI=1S/C19H27N3O3/c1-19(2)13-21(11-9-16(19)20)18(24)12-25-15-7-5-14(6-8-15)22-10-3-4-17(22)23/h5-8,16H,3-4,9-13,20H2,1-2H3. The van der Waals surface area contributed by atoms with Gasteiger partial charge in [0.2, 0.25) is 5.91 Å². The van der Waals surface area contributed by atoms with Crippen LogP contribution in [0.15, 0.2) is 24.3 Å². The average molecular weight is 345 g/mol. The summed E-state index contributed by atoms with van der Waals surface area (Å²) >= 11 is 0. The molecule has 25 heavy (non-hydrogen) atoms. The summed E-state index contributed by atoms with van der Waals surface area (Å²) in [5, 5.41) is 0. The molecule has 1 aromatic carbocycles. The van der Waals surface area contributed by atoms with E-state index >= 15 is 0 Å². The van der Waals surface area contributed by atoms with E-state index in [1.54, 1.807) is 4.90 Å². The maximum Gasteiger partial charge on any atom is 0.260 e. The lowest BCUT2D eigenvalue weighted by molar-refractivity contribution is -0.136. The van der Waals surface area contributed by atoms with Gasteiger partial charge < -0.3 is 20.3 Å². The van der Waals surface area contributed by atoms with Gasteiger partial charge in [-0.3, -0.25) is 9.59 Å². The quantitative estimate of drug-likeness (QED) is 0.902.